The molecule has 1 saturated heterocycles. The largest absolute Gasteiger partial charge is 0.380 e. The number of non-ortho nitro benzene ring substituents is 1. The van der Waals surface area contributed by atoms with Crippen molar-refractivity contribution in [3.05, 3.63) is 49.4 Å². The minimum Gasteiger partial charge on any atom is -0.380 e. The van der Waals surface area contributed by atoms with E-state index in [-0.39, 0.29) is 11.6 Å². The van der Waals surface area contributed by atoms with E-state index in [1.807, 2.05) is 0 Å². The summed E-state index contributed by atoms with van der Waals surface area (Å²) in [6.07, 6.45) is 4.70. The molecule has 1 amide bonds. The van der Waals surface area contributed by atoms with Gasteiger partial charge in [0.2, 0.25) is 0 Å². The Hall–Kier alpha value is -2.19. The average Bonchev–Trinajstić information content (AvgIpc) is 3.05. The lowest BCUT2D eigenvalue weighted by Gasteiger charge is -2.26. The number of hydrogen-bond acceptors (Lipinski definition) is 6. The zero-order valence-electron chi connectivity index (χ0n) is 13.4. The van der Waals surface area contributed by atoms with Crippen molar-refractivity contribution in [3.8, 4) is 0 Å². The van der Waals surface area contributed by atoms with Crippen molar-refractivity contribution in [2.75, 3.05) is 18.4 Å². The molecule has 0 unspecified atom stereocenters. The number of anilines is 1. The zero-order valence-corrected chi connectivity index (χ0v) is 15.0. The maximum atomic E-state index is 12.7. The van der Waals surface area contributed by atoms with Gasteiger partial charge in [-0.3, -0.25) is 14.9 Å². The molecule has 3 rings (SSSR count). The summed E-state index contributed by atoms with van der Waals surface area (Å²) < 4.78 is 0.441. The predicted octanol–water partition coefficient (Wildman–Crippen LogP) is 3.94. The molecule has 1 aliphatic rings. The van der Waals surface area contributed by atoms with Crippen LogP contribution in [0.1, 0.15) is 34.5 Å². The van der Waals surface area contributed by atoms with Crippen LogP contribution in [-0.4, -0.2) is 33.8 Å². The molecule has 0 aliphatic carbocycles. The number of piperidine rings is 1. The van der Waals surface area contributed by atoms with Crippen LogP contribution < -0.4 is 5.32 Å². The van der Waals surface area contributed by atoms with Crippen molar-refractivity contribution in [1.29, 1.82) is 0 Å². The molecule has 9 heteroatoms. The lowest BCUT2D eigenvalue weighted by atomic mass is 10.1. The van der Waals surface area contributed by atoms with Crippen LogP contribution in [0.5, 0.6) is 0 Å². The molecular formula is C16H17ClN4O3S. The number of nitrogens with one attached hydrogen (secondary N) is 1. The second kappa shape index (κ2) is 7.79. The van der Waals surface area contributed by atoms with Crippen LogP contribution >= 0.6 is 22.9 Å². The first kappa shape index (κ1) is 17.6. The summed E-state index contributed by atoms with van der Waals surface area (Å²) in [5, 5.41) is 14.3. The first-order valence-corrected chi connectivity index (χ1v) is 9.15. The standard InChI is InChI=1S/C16H17ClN4O3S/c17-16-19-10-14(25-16)9-18-12-6-11(7-13(8-12)21(23)24)15(22)20-4-2-1-3-5-20/h6-8,10,18H,1-5,9H2. The van der Waals surface area contributed by atoms with Crippen LogP contribution in [0, 0.1) is 10.1 Å². The number of rotatable bonds is 5. The SMILES string of the molecule is O=C(c1cc(NCc2cnc(Cl)s2)cc([N+](=O)[O-])c1)N1CCCCC1. The molecule has 0 spiro atoms. The number of nitrogens with zero attached hydrogens (tertiary/aromatic N) is 3. The van der Waals surface area contributed by atoms with E-state index in [0.717, 1.165) is 24.1 Å². The molecule has 0 radical (unpaired) electrons. The van der Waals surface area contributed by atoms with Crippen LogP contribution in [0.3, 0.4) is 0 Å². The van der Waals surface area contributed by atoms with Crippen LogP contribution in [0.4, 0.5) is 11.4 Å². The highest BCUT2D eigenvalue weighted by Gasteiger charge is 2.21. The third-order valence-electron chi connectivity index (χ3n) is 4.01. The molecule has 0 bridgehead atoms. The third kappa shape index (κ3) is 4.46. The van der Waals surface area contributed by atoms with Gasteiger partial charge in [0, 0.05) is 47.5 Å². The molecule has 1 aromatic heterocycles. The molecule has 1 N–H and O–H groups in total. The Morgan fingerprint density at radius 3 is 2.72 bits per heavy atom. The summed E-state index contributed by atoms with van der Waals surface area (Å²) >= 11 is 7.14. The van der Waals surface area contributed by atoms with Gasteiger partial charge in [0.1, 0.15) is 0 Å². The van der Waals surface area contributed by atoms with Gasteiger partial charge in [0.25, 0.3) is 11.6 Å². The Bertz CT molecular complexity index is 789. The van der Waals surface area contributed by atoms with Gasteiger partial charge < -0.3 is 10.2 Å². The van der Waals surface area contributed by atoms with Gasteiger partial charge in [-0.25, -0.2) is 4.98 Å². The maximum absolute atomic E-state index is 12.7. The summed E-state index contributed by atoms with van der Waals surface area (Å²) in [5.41, 5.74) is 0.757. The van der Waals surface area contributed by atoms with E-state index >= 15 is 0 Å². The number of aromatic nitrogens is 1. The number of likely N-dealkylation sites (tertiary alicyclic amines) is 1. The highest BCUT2D eigenvalue weighted by atomic mass is 35.5. The molecule has 0 atom stereocenters. The smallest absolute Gasteiger partial charge is 0.272 e. The van der Waals surface area contributed by atoms with Gasteiger partial charge >= 0.3 is 0 Å². The van der Waals surface area contributed by atoms with E-state index in [0.29, 0.717) is 35.4 Å². The number of amides is 1. The summed E-state index contributed by atoms with van der Waals surface area (Å²) in [6, 6.07) is 4.42. The number of hydrogen-bond donors (Lipinski definition) is 1. The molecule has 7 nitrogen and oxygen atoms in total. The van der Waals surface area contributed by atoms with Crippen LogP contribution in [-0.2, 0) is 6.54 Å². The predicted molar refractivity (Wildman–Crippen MR) is 97.3 cm³/mol. The van der Waals surface area contributed by atoms with Gasteiger partial charge in [-0.05, 0) is 25.3 Å². The number of thiazole rings is 1. The summed E-state index contributed by atoms with van der Waals surface area (Å²) in [4.78, 5) is 30.0. The van der Waals surface area contributed by atoms with Crippen molar-refractivity contribution in [3.63, 3.8) is 0 Å². The molecule has 25 heavy (non-hydrogen) atoms. The van der Waals surface area contributed by atoms with Gasteiger partial charge in [0.15, 0.2) is 4.47 Å². The average molecular weight is 381 g/mol. The number of carbonyl (C=O) groups is 1. The van der Waals surface area contributed by atoms with E-state index in [1.54, 1.807) is 17.2 Å². The maximum Gasteiger partial charge on any atom is 0.272 e. The fraction of sp³-hybridized carbons (Fsp3) is 0.375. The van der Waals surface area contributed by atoms with Crippen molar-refractivity contribution < 1.29 is 9.72 Å². The lowest BCUT2D eigenvalue weighted by Crippen LogP contribution is -2.35. The van der Waals surface area contributed by atoms with Crippen molar-refractivity contribution >= 4 is 40.2 Å². The fourth-order valence-corrected chi connectivity index (χ4v) is 3.69. The van der Waals surface area contributed by atoms with E-state index in [1.165, 1.54) is 23.5 Å². The Labute approximate surface area is 153 Å². The van der Waals surface area contributed by atoms with Gasteiger partial charge in [0.05, 0.1) is 11.5 Å². The molecule has 1 fully saturated rings. The zero-order chi connectivity index (χ0) is 17.8. The molecule has 0 saturated carbocycles. The van der Waals surface area contributed by atoms with Crippen molar-refractivity contribution in [1.82, 2.24) is 9.88 Å². The Morgan fingerprint density at radius 2 is 2.08 bits per heavy atom. The van der Waals surface area contributed by atoms with Gasteiger partial charge in [-0.2, -0.15) is 0 Å². The summed E-state index contributed by atoms with van der Waals surface area (Å²) in [6.45, 7) is 1.83. The minimum absolute atomic E-state index is 0.104. The Morgan fingerprint density at radius 1 is 1.32 bits per heavy atom. The molecular weight excluding hydrogens is 364 g/mol. The number of carbonyl (C=O) groups excluding carboxylic acids is 1. The monoisotopic (exact) mass is 380 g/mol. The normalized spacial score (nSPS) is 14.4. The first-order valence-electron chi connectivity index (χ1n) is 7.96. The lowest BCUT2D eigenvalue weighted by molar-refractivity contribution is -0.384. The van der Waals surface area contributed by atoms with Crippen LogP contribution in [0.15, 0.2) is 24.4 Å². The topological polar surface area (TPSA) is 88.4 Å². The molecule has 1 aromatic carbocycles. The van der Waals surface area contributed by atoms with E-state index in [9.17, 15) is 14.9 Å². The number of nitro groups is 1. The first-order chi connectivity index (χ1) is 12.0. The minimum atomic E-state index is -0.484. The molecule has 1 aliphatic heterocycles. The summed E-state index contributed by atoms with van der Waals surface area (Å²) in [5.74, 6) is -0.160. The highest BCUT2D eigenvalue weighted by molar-refractivity contribution is 7.15. The number of halogens is 1. The highest BCUT2D eigenvalue weighted by Crippen LogP contribution is 2.25. The quantitative estimate of drug-likeness (QED) is 0.626. The third-order valence-corrected chi connectivity index (χ3v) is 5.13. The second-order valence-electron chi connectivity index (χ2n) is 5.81. The molecule has 2 aromatic rings. The van der Waals surface area contributed by atoms with Crippen LogP contribution in [0.2, 0.25) is 4.47 Å². The van der Waals surface area contributed by atoms with Gasteiger partial charge in [-0.15, -0.1) is 11.3 Å². The second-order valence-corrected chi connectivity index (χ2v) is 7.51. The number of nitro benzene ring substituents is 1. The summed E-state index contributed by atoms with van der Waals surface area (Å²) in [7, 11) is 0. The van der Waals surface area contributed by atoms with E-state index in [2.05, 4.69) is 10.3 Å². The van der Waals surface area contributed by atoms with Crippen molar-refractivity contribution in [2.24, 2.45) is 0 Å². The van der Waals surface area contributed by atoms with Gasteiger partial charge in [-0.1, -0.05) is 11.6 Å². The molecule has 132 valence electrons. The van der Waals surface area contributed by atoms with E-state index < -0.39 is 4.92 Å². The van der Waals surface area contributed by atoms with Crippen molar-refractivity contribution in [2.45, 2.75) is 25.8 Å². The fourth-order valence-electron chi connectivity index (χ4n) is 2.78. The molecule has 2 heterocycles. The Kier molecular flexibility index (Phi) is 5.50. The van der Waals surface area contributed by atoms with E-state index in [4.69, 9.17) is 11.6 Å². The Balaban J connectivity index is 1.81. The number of benzene rings is 1. The van der Waals surface area contributed by atoms with Crippen LogP contribution in [0.25, 0.3) is 0 Å².